The molecule has 0 radical (unpaired) electrons. The molecule has 0 aliphatic heterocycles. The van der Waals surface area contributed by atoms with Crippen molar-refractivity contribution in [1.29, 1.82) is 0 Å². The van der Waals surface area contributed by atoms with Crippen molar-refractivity contribution in [3.63, 3.8) is 0 Å². The van der Waals surface area contributed by atoms with Gasteiger partial charge in [0.1, 0.15) is 5.75 Å². The second-order valence-electron chi connectivity index (χ2n) is 3.95. The summed E-state index contributed by atoms with van der Waals surface area (Å²) in [7, 11) is 1.64. The Hall–Kier alpha value is -1.95. The number of ether oxygens (including phenoxy) is 2. The van der Waals surface area contributed by atoms with Gasteiger partial charge in [-0.15, -0.1) is 11.8 Å². The van der Waals surface area contributed by atoms with E-state index in [1.165, 1.54) is 5.56 Å². The zero-order chi connectivity index (χ0) is 14.4. The van der Waals surface area contributed by atoms with Crippen LogP contribution in [-0.4, -0.2) is 29.7 Å². The van der Waals surface area contributed by atoms with E-state index in [9.17, 15) is 4.79 Å². The molecular formula is C14H16N2O3S. The summed E-state index contributed by atoms with van der Waals surface area (Å²) in [5, 5.41) is 0.837. The number of hydrogen-bond acceptors (Lipinski definition) is 5. The van der Waals surface area contributed by atoms with E-state index in [4.69, 9.17) is 9.47 Å². The number of nitrogens with zero attached hydrogens (tertiary/aromatic N) is 1. The molecule has 6 heteroatoms. The minimum absolute atomic E-state index is 0.240. The van der Waals surface area contributed by atoms with Gasteiger partial charge in [-0.2, -0.15) is 0 Å². The number of rotatable bonds is 6. The fraction of sp³-hybridized carbons (Fsp3) is 0.286. The third kappa shape index (κ3) is 3.77. The molecule has 1 aromatic carbocycles. The van der Waals surface area contributed by atoms with Gasteiger partial charge in [0.25, 0.3) is 0 Å². The van der Waals surface area contributed by atoms with Crippen LogP contribution in [0.4, 0.5) is 0 Å². The van der Waals surface area contributed by atoms with Crippen LogP contribution in [0.5, 0.6) is 5.75 Å². The molecule has 5 nitrogen and oxygen atoms in total. The summed E-state index contributed by atoms with van der Waals surface area (Å²) >= 11 is 1.58. The van der Waals surface area contributed by atoms with Gasteiger partial charge in [-0.05, 0) is 24.6 Å². The molecule has 0 bridgehead atoms. The van der Waals surface area contributed by atoms with Gasteiger partial charge in [-0.1, -0.05) is 12.1 Å². The number of esters is 1. The minimum Gasteiger partial charge on any atom is -0.497 e. The lowest BCUT2D eigenvalue weighted by Gasteiger charge is -2.02. The standard InChI is InChI=1S/C14H16N2O3S/c1-3-19-14(17)13-15-8-12(16-13)20-9-10-4-6-11(18-2)7-5-10/h4-8H,3,9H2,1-2H3,(H,15,16). The molecule has 2 aromatic rings. The Labute approximate surface area is 121 Å². The topological polar surface area (TPSA) is 64.2 Å². The number of benzene rings is 1. The first-order valence-electron chi connectivity index (χ1n) is 6.20. The van der Waals surface area contributed by atoms with Gasteiger partial charge in [0, 0.05) is 5.75 Å². The maximum absolute atomic E-state index is 11.5. The average Bonchev–Trinajstić information content (AvgIpc) is 2.95. The molecule has 2 rings (SSSR count). The molecule has 0 aliphatic carbocycles. The Bertz CT molecular complexity index is 566. The third-order valence-electron chi connectivity index (χ3n) is 2.57. The Kier molecular flexibility index (Phi) is 5.06. The van der Waals surface area contributed by atoms with Crippen molar-refractivity contribution in [1.82, 2.24) is 9.97 Å². The Morgan fingerprint density at radius 3 is 2.75 bits per heavy atom. The number of nitrogens with one attached hydrogen (secondary N) is 1. The predicted octanol–water partition coefficient (Wildman–Crippen LogP) is 2.89. The van der Waals surface area contributed by atoms with Gasteiger partial charge < -0.3 is 14.5 Å². The smallest absolute Gasteiger partial charge is 0.374 e. The van der Waals surface area contributed by atoms with E-state index >= 15 is 0 Å². The van der Waals surface area contributed by atoms with E-state index in [0.717, 1.165) is 16.5 Å². The first kappa shape index (κ1) is 14.5. The third-order valence-corrected chi connectivity index (χ3v) is 3.57. The molecule has 0 fully saturated rings. The van der Waals surface area contributed by atoms with Crippen LogP contribution >= 0.6 is 11.8 Å². The van der Waals surface area contributed by atoms with Crippen molar-refractivity contribution in [3.8, 4) is 5.75 Å². The molecule has 0 spiro atoms. The molecule has 106 valence electrons. The Balaban J connectivity index is 1.91. The van der Waals surface area contributed by atoms with Crippen LogP contribution in [0.3, 0.4) is 0 Å². The van der Waals surface area contributed by atoms with Gasteiger partial charge in [-0.25, -0.2) is 9.78 Å². The number of carbonyl (C=O) groups excluding carboxylic acids is 1. The number of carbonyl (C=O) groups is 1. The molecule has 20 heavy (non-hydrogen) atoms. The predicted molar refractivity (Wildman–Crippen MR) is 77.1 cm³/mol. The van der Waals surface area contributed by atoms with E-state index in [2.05, 4.69) is 9.97 Å². The lowest BCUT2D eigenvalue weighted by Crippen LogP contribution is -2.06. The fourth-order valence-corrected chi connectivity index (χ4v) is 2.37. The van der Waals surface area contributed by atoms with Crippen LogP contribution in [0.1, 0.15) is 23.1 Å². The summed E-state index contributed by atoms with van der Waals surface area (Å²) in [6, 6.07) is 7.86. The Morgan fingerprint density at radius 1 is 1.35 bits per heavy atom. The van der Waals surface area contributed by atoms with E-state index in [1.807, 2.05) is 24.3 Å². The summed E-state index contributed by atoms with van der Waals surface area (Å²) in [6.07, 6.45) is 1.64. The average molecular weight is 292 g/mol. The van der Waals surface area contributed by atoms with Crippen LogP contribution in [0.25, 0.3) is 0 Å². The quantitative estimate of drug-likeness (QED) is 0.655. The van der Waals surface area contributed by atoms with Crippen molar-refractivity contribution < 1.29 is 14.3 Å². The fourth-order valence-electron chi connectivity index (χ4n) is 1.56. The maximum atomic E-state index is 11.5. The number of thioether (sulfide) groups is 1. The van der Waals surface area contributed by atoms with Crippen molar-refractivity contribution in [2.45, 2.75) is 17.7 Å². The van der Waals surface area contributed by atoms with Crippen LogP contribution in [-0.2, 0) is 10.5 Å². The van der Waals surface area contributed by atoms with Crippen LogP contribution < -0.4 is 4.74 Å². The number of methoxy groups -OCH3 is 1. The van der Waals surface area contributed by atoms with Gasteiger partial charge >= 0.3 is 5.97 Å². The zero-order valence-electron chi connectivity index (χ0n) is 11.4. The van der Waals surface area contributed by atoms with E-state index in [1.54, 1.807) is 32.0 Å². The van der Waals surface area contributed by atoms with Crippen LogP contribution in [0.2, 0.25) is 0 Å². The summed E-state index contributed by atoms with van der Waals surface area (Å²) < 4.78 is 9.98. The van der Waals surface area contributed by atoms with Gasteiger partial charge in [-0.3, -0.25) is 0 Å². The number of aromatic nitrogens is 2. The van der Waals surface area contributed by atoms with Crippen LogP contribution in [0, 0.1) is 0 Å². The zero-order valence-corrected chi connectivity index (χ0v) is 12.2. The van der Waals surface area contributed by atoms with E-state index in [-0.39, 0.29) is 5.82 Å². The minimum atomic E-state index is -0.427. The highest BCUT2D eigenvalue weighted by Crippen LogP contribution is 2.22. The maximum Gasteiger partial charge on any atom is 0.374 e. The molecular weight excluding hydrogens is 276 g/mol. The molecule has 0 aliphatic rings. The first-order chi connectivity index (χ1) is 9.72. The van der Waals surface area contributed by atoms with Gasteiger partial charge in [0.2, 0.25) is 5.82 Å². The molecule has 1 N–H and O–H groups in total. The van der Waals surface area contributed by atoms with Crippen molar-refractivity contribution in [3.05, 3.63) is 41.9 Å². The molecule has 0 saturated heterocycles. The highest BCUT2D eigenvalue weighted by molar-refractivity contribution is 7.98. The van der Waals surface area contributed by atoms with Crippen LogP contribution in [0.15, 0.2) is 35.5 Å². The second-order valence-corrected chi connectivity index (χ2v) is 4.97. The summed E-state index contributed by atoms with van der Waals surface area (Å²) in [6.45, 7) is 2.11. The lowest BCUT2D eigenvalue weighted by atomic mass is 10.2. The summed E-state index contributed by atoms with van der Waals surface area (Å²) in [4.78, 5) is 18.4. The molecule has 1 heterocycles. The van der Waals surface area contributed by atoms with Gasteiger partial charge in [0.05, 0.1) is 24.9 Å². The molecule has 0 saturated carbocycles. The summed E-state index contributed by atoms with van der Waals surface area (Å²) in [5.41, 5.74) is 1.17. The van der Waals surface area contributed by atoms with E-state index in [0.29, 0.717) is 6.61 Å². The molecule has 0 atom stereocenters. The highest BCUT2D eigenvalue weighted by Gasteiger charge is 2.11. The number of imidazole rings is 1. The normalized spacial score (nSPS) is 10.3. The van der Waals surface area contributed by atoms with E-state index < -0.39 is 5.97 Å². The first-order valence-corrected chi connectivity index (χ1v) is 7.19. The van der Waals surface area contributed by atoms with Crippen molar-refractivity contribution in [2.24, 2.45) is 0 Å². The monoisotopic (exact) mass is 292 g/mol. The van der Waals surface area contributed by atoms with Crippen molar-refractivity contribution >= 4 is 17.7 Å². The molecule has 0 unspecified atom stereocenters. The lowest BCUT2D eigenvalue weighted by molar-refractivity contribution is 0.0513. The highest BCUT2D eigenvalue weighted by atomic mass is 32.2. The summed E-state index contributed by atoms with van der Waals surface area (Å²) in [5.74, 6) is 1.44. The number of aromatic amines is 1. The SMILES string of the molecule is CCOC(=O)c1ncc(SCc2ccc(OC)cc2)[nH]1. The molecule has 1 aromatic heterocycles. The largest absolute Gasteiger partial charge is 0.497 e. The second kappa shape index (κ2) is 7.00. The van der Waals surface area contributed by atoms with Crippen molar-refractivity contribution in [2.75, 3.05) is 13.7 Å². The van der Waals surface area contributed by atoms with Gasteiger partial charge in [0.15, 0.2) is 0 Å². The Morgan fingerprint density at radius 2 is 2.10 bits per heavy atom. The molecule has 0 amide bonds. The number of hydrogen-bond donors (Lipinski definition) is 1. The number of H-pyrrole nitrogens is 1.